The highest BCUT2D eigenvalue weighted by atomic mass is 32.2. The Balaban J connectivity index is 2.07. The molecule has 6 nitrogen and oxygen atoms in total. The molecule has 3 heterocycles. The van der Waals surface area contributed by atoms with Gasteiger partial charge in [-0.1, -0.05) is 19.1 Å². The van der Waals surface area contributed by atoms with Gasteiger partial charge in [0.2, 0.25) is 0 Å². The Bertz CT molecular complexity index is 1280. The van der Waals surface area contributed by atoms with Crippen LogP contribution in [0, 0.1) is 6.92 Å². The minimum atomic E-state index is -3.28. The van der Waals surface area contributed by atoms with Gasteiger partial charge in [0.15, 0.2) is 9.84 Å². The number of aromatic nitrogens is 3. The topological polar surface area (TPSA) is 87.7 Å². The lowest BCUT2D eigenvalue weighted by atomic mass is 10.0. The van der Waals surface area contributed by atoms with Crippen LogP contribution in [0.2, 0.25) is 0 Å². The molecule has 1 aromatic carbocycles. The molecular formula is C20H20N4O2S. The third-order valence-electron chi connectivity index (χ3n) is 4.74. The fourth-order valence-electron chi connectivity index (χ4n) is 3.32. The molecule has 0 aliphatic heterocycles. The van der Waals surface area contributed by atoms with Crippen LogP contribution in [0.5, 0.6) is 0 Å². The number of aromatic amines is 1. The maximum atomic E-state index is 12.3. The van der Waals surface area contributed by atoms with Crippen LogP contribution in [-0.2, 0) is 9.84 Å². The van der Waals surface area contributed by atoms with Crippen LogP contribution in [0.1, 0.15) is 12.5 Å². The van der Waals surface area contributed by atoms with Crippen molar-refractivity contribution in [2.24, 2.45) is 0 Å². The molecule has 27 heavy (non-hydrogen) atoms. The zero-order chi connectivity index (χ0) is 19.2. The molecule has 2 N–H and O–H groups in total. The van der Waals surface area contributed by atoms with E-state index in [1.54, 1.807) is 31.3 Å². The SMILES string of the molecule is CCS(=O)(=O)c1cccc(-c2cnc(NC)c3[nH]c4ncc(C)cc4c23)c1. The number of fused-ring (bicyclic) bond motifs is 3. The van der Waals surface area contributed by atoms with Gasteiger partial charge in [0.05, 0.1) is 16.2 Å². The quantitative estimate of drug-likeness (QED) is 0.560. The summed E-state index contributed by atoms with van der Waals surface area (Å²) in [5, 5.41) is 5.07. The normalized spacial score (nSPS) is 12.0. The fourth-order valence-corrected chi connectivity index (χ4v) is 4.25. The summed E-state index contributed by atoms with van der Waals surface area (Å²) in [5.41, 5.74) is 4.37. The predicted octanol–water partition coefficient (Wildman–Crippen LogP) is 3.92. The van der Waals surface area contributed by atoms with Gasteiger partial charge in [0.25, 0.3) is 0 Å². The van der Waals surface area contributed by atoms with Gasteiger partial charge in [0.1, 0.15) is 11.5 Å². The Hall–Kier alpha value is -2.93. The van der Waals surface area contributed by atoms with E-state index in [-0.39, 0.29) is 5.75 Å². The van der Waals surface area contributed by atoms with Crippen molar-refractivity contribution < 1.29 is 8.42 Å². The van der Waals surface area contributed by atoms with Gasteiger partial charge in [-0.15, -0.1) is 0 Å². The van der Waals surface area contributed by atoms with Gasteiger partial charge in [-0.2, -0.15) is 0 Å². The number of nitrogens with one attached hydrogen (secondary N) is 2. The van der Waals surface area contributed by atoms with Crippen LogP contribution in [0.3, 0.4) is 0 Å². The average molecular weight is 380 g/mol. The second kappa shape index (κ2) is 6.35. The third kappa shape index (κ3) is 2.84. The summed E-state index contributed by atoms with van der Waals surface area (Å²) >= 11 is 0. The van der Waals surface area contributed by atoms with E-state index in [1.807, 2.05) is 26.2 Å². The molecule has 7 heteroatoms. The maximum absolute atomic E-state index is 12.3. The molecule has 0 aliphatic rings. The summed E-state index contributed by atoms with van der Waals surface area (Å²) in [6.07, 6.45) is 3.60. The first-order valence-corrected chi connectivity index (χ1v) is 10.4. The monoisotopic (exact) mass is 380 g/mol. The van der Waals surface area contributed by atoms with Crippen molar-refractivity contribution in [2.75, 3.05) is 18.1 Å². The van der Waals surface area contributed by atoms with Crippen LogP contribution < -0.4 is 5.32 Å². The molecule has 3 aromatic heterocycles. The largest absolute Gasteiger partial charge is 0.371 e. The molecule has 0 fully saturated rings. The molecule has 0 radical (unpaired) electrons. The highest BCUT2D eigenvalue weighted by Crippen LogP contribution is 2.37. The Morgan fingerprint density at radius 3 is 2.70 bits per heavy atom. The second-order valence-electron chi connectivity index (χ2n) is 6.49. The van der Waals surface area contributed by atoms with E-state index >= 15 is 0 Å². The Morgan fingerprint density at radius 2 is 1.96 bits per heavy atom. The van der Waals surface area contributed by atoms with Crippen molar-refractivity contribution in [3.8, 4) is 11.1 Å². The average Bonchev–Trinajstić information content (AvgIpc) is 3.06. The minimum Gasteiger partial charge on any atom is -0.371 e. The fraction of sp³-hybridized carbons (Fsp3) is 0.200. The molecule has 0 saturated heterocycles. The number of nitrogens with zero attached hydrogens (tertiary/aromatic N) is 2. The van der Waals surface area contributed by atoms with Gasteiger partial charge in [-0.25, -0.2) is 18.4 Å². The van der Waals surface area contributed by atoms with E-state index in [2.05, 4.69) is 26.3 Å². The van der Waals surface area contributed by atoms with Crippen LogP contribution in [-0.4, -0.2) is 36.2 Å². The van der Waals surface area contributed by atoms with E-state index in [1.165, 1.54) is 0 Å². The van der Waals surface area contributed by atoms with Crippen molar-refractivity contribution in [1.82, 2.24) is 15.0 Å². The van der Waals surface area contributed by atoms with Crippen molar-refractivity contribution in [3.05, 3.63) is 48.3 Å². The van der Waals surface area contributed by atoms with E-state index in [0.717, 1.165) is 44.4 Å². The highest BCUT2D eigenvalue weighted by molar-refractivity contribution is 7.91. The summed E-state index contributed by atoms with van der Waals surface area (Å²) in [5.74, 6) is 0.792. The molecule has 4 rings (SSSR count). The van der Waals surface area contributed by atoms with E-state index < -0.39 is 9.84 Å². The number of H-pyrrole nitrogens is 1. The molecular weight excluding hydrogens is 360 g/mol. The van der Waals surface area contributed by atoms with Gasteiger partial charge in [-0.05, 0) is 36.2 Å². The first-order chi connectivity index (χ1) is 12.9. The number of anilines is 1. The molecule has 138 valence electrons. The van der Waals surface area contributed by atoms with E-state index in [9.17, 15) is 8.42 Å². The molecule has 0 saturated carbocycles. The molecule has 0 bridgehead atoms. The molecule has 0 spiro atoms. The number of pyridine rings is 2. The number of rotatable bonds is 4. The first kappa shape index (κ1) is 17.5. The lowest BCUT2D eigenvalue weighted by Crippen LogP contribution is -2.03. The van der Waals surface area contributed by atoms with E-state index in [0.29, 0.717) is 4.90 Å². The van der Waals surface area contributed by atoms with Crippen molar-refractivity contribution in [3.63, 3.8) is 0 Å². The lowest BCUT2D eigenvalue weighted by Gasteiger charge is -2.09. The number of sulfone groups is 1. The smallest absolute Gasteiger partial charge is 0.178 e. The van der Waals surface area contributed by atoms with E-state index in [4.69, 9.17) is 0 Å². The summed E-state index contributed by atoms with van der Waals surface area (Å²) in [7, 11) is -1.46. The Kier molecular flexibility index (Phi) is 4.11. The first-order valence-electron chi connectivity index (χ1n) is 8.72. The number of hydrogen-bond acceptors (Lipinski definition) is 5. The number of benzene rings is 1. The highest BCUT2D eigenvalue weighted by Gasteiger charge is 2.17. The molecule has 0 amide bonds. The molecule has 0 aliphatic carbocycles. The van der Waals surface area contributed by atoms with Crippen molar-refractivity contribution in [1.29, 1.82) is 0 Å². The molecule has 0 unspecified atom stereocenters. The van der Waals surface area contributed by atoms with Crippen LogP contribution >= 0.6 is 0 Å². The Labute approximate surface area is 157 Å². The minimum absolute atomic E-state index is 0.0685. The summed E-state index contributed by atoms with van der Waals surface area (Å²) in [6, 6.07) is 9.11. The second-order valence-corrected chi connectivity index (χ2v) is 8.76. The van der Waals surface area contributed by atoms with Gasteiger partial charge in [0, 0.05) is 35.8 Å². The summed E-state index contributed by atoms with van der Waals surface area (Å²) in [6.45, 7) is 3.65. The van der Waals surface area contributed by atoms with Gasteiger partial charge < -0.3 is 10.3 Å². The van der Waals surface area contributed by atoms with Crippen molar-refractivity contribution in [2.45, 2.75) is 18.7 Å². The summed E-state index contributed by atoms with van der Waals surface area (Å²) in [4.78, 5) is 12.7. The zero-order valence-corrected chi connectivity index (χ0v) is 16.2. The molecule has 0 atom stereocenters. The lowest BCUT2D eigenvalue weighted by molar-refractivity contribution is 0.597. The van der Waals surface area contributed by atoms with Gasteiger partial charge in [-0.3, -0.25) is 0 Å². The zero-order valence-electron chi connectivity index (χ0n) is 15.4. The standard InChI is InChI=1S/C20H20N4O2S/c1-4-27(25,26)14-7-5-6-13(9-14)16-11-23-20(21-3)18-17(16)15-8-12(2)10-22-19(15)24-18/h5-11H,4H2,1-3H3,(H,21,23)(H,22,24). The third-order valence-corrected chi connectivity index (χ3v) is 6.47. The van der Waals surface area contributed by atoms with Crippen molar-refractivity contribution >= 4 is 37.6 Å². The summed E-state index contributed by atoms with van der Waals surface area (Å²) < 4.78 is 24.6. The predicted molar refractivity (Wildman–Crippen MR) is 109 cm³/mol. The van der Waals surface area contributed by atoms with Crippen LogP contribution in [0.4, 0.5) is 5.82 Å². The number of hydrogen-bond donors (Lipinski definition) is 2. The number of aryl methyl sites for hydroxylation is 1. The van der Waals surface area contributed by atoms with Gasteiger partial charge >= 0.3 is 0 Å². The maximum Gasteiger partial charge on any atom is 0.178 e. The van der Waals surface area contributed by atoms with Crippen LogP contribution in [0.15, 0.2) is 47.6 Å². The van der Waals surface area contributed by atoms with Crippen LogP contribution in [0.25, 0.3) is 33.1 Å². The molecule has 4 aromatic rings. The Morgan fingerprint density at radius 1 is 1.15 bits per heavy atom.